The molecule has 0 aliphatic heterocycles. The molecule has 1 heterocycles. The first-order valence-corrected chi connectivity index (χ1v) is 10.6. The van der Waals surface area contributed by atoms with Gasteiger partial charge in [-0.3, -0.25) is 9.47 Å². The van der Waals surface area contributed by atoms with E-state index in [9.17, 15) is 0 Å². The lowest BCUT2D eigenvalue weighted by Gasteiger charge is -2.20. The van der Waals surface area contributed by atoms with Crippen LogP contribution in [0.5, 0.6) is 5.75 Å². The molecule has 148 valence electrons. The van der Waals surface area contributed by atoms with Crippen molar-refractivity contribution in [2.75, 3.05) is 26.5 Å². The van der Waals surface area contributed by atoms with E-state index in [2.05, 4.69) is 26.6 Å². The van der Waals surface area contributed by atoms with E-state index in [1.807, 2.05) is 62.6 Å². The van der Waals surface area contributed by atoms with E-state index in [1.54, 1.807) is 11.8 Å². The van der Waals surface area contributed by atoms with Crippen LogP contribution in [0.1, 0.15) is 18.8 Å². The van der Waals surface area contributed by atoms with Crippen LogP contribution in [0.2, 0.25) is 10.0 Å². The van der Waals surface area contributed by atoms with Gasteiger partial charge >= 0.3 is 0 Å². The second-order valence-corrected chi connectivity index (χ2v) is 8.38. The van der Waals surface area contributed by atoms with E-state index in [4.69, 9.17) is 27.9 Å². The minimum Gasteiger partial charge on any atom is -0.493 e. The Kier molecular flexibility index (Phi) is 7.24. The van der Waals surface area contributed by atoms with Gasteiger partial charge in [0.1, 0.15) is 5.75 Å². The van der Waals surface area contributed by atoms with Crippen LogP contribution < -0.4 is 4.74 Å². The molecule has 0 N–H and O–H groups in total. The highest BCUT2D eigenvalue weighted by molar-refractivity contribution is 7.99. The van der Waals surface area contributed by atoms with E-state index in [-0.39, 0.29) is 6.04 Å². The van der Waals surface area contributed by atoms with Crippen molar-refractivity contribution in [3.05, 3.63) is 64.4 Å². The Labute approximate surface area is 179 Å². The Hall–Kier alpha value is -1.73. The van der Waals surface area contributed by atoms with E-state index in [1.165, 1.54) is 0 Å². The van der Waals surface area contributed by atoms with Gasteiger partial charge in [0.05, 0.1) is 12.6 Å². The topological polar surface area (TPSA) is 43.2 Å². The fourth-order valence-electron chi connectivity index (χ4n) is 2.53. The van der Waals surface area contributed by atoms with E-state index in [0.29, 0.717) is 16.7 Å². The number of nitrogens with zero attached hydrogens (tertiary/aromatic N) is 4. The summed E-state index contributed by atoms with van der Waals surface area (Å²) < 4.78 is 7.85. The van der Waals surface area contributed by atoms with Crippen molar-refractivity contribution in [2.45, 2.75) is 18.1 Å². The molecule has 0 amide bonds. The third-order valence-electron chi connectivity index (χ3n) is 4.29. The molecule has 1 unspecified atom stereocenters. The van der Waals surface area contributed by atoms with Gasteiger partial charge in [-0.05, 0) is 69.6 Å². The van der Waals surface area contributed by atoms with Gasteiger partial charge in [0.25, 0.3) is 0 Å². The van der Waals surface area contributed by atoms with Crippen LogP contribution in [0.3, 0.4) is 0 Å². The maximum absolute atomic E-state index is 6.06. The summed E-state index contributed by atoms with van der Waals surface area (Å²) in [6.45, 7) is 2.66. The predicted octanol–water partition coefficient (Wildman–Crippen LogP) is 5.37. The largest absolute Gasteiger partial charge is 0.493 e. The molecular formula is C20H22Cl2N4OS. The molecule has 0 aliphatic rings. The minimum atomic E-state index is 0.114. The summed E-state index contributed by atoms with van der Waals surface area (Å²) in [4.78, 5) is 2.11. The zero-order valence-corrected chi connectivity index (χ0v) is 18.3. The molecule has 0 bridgehead atoms. The maximum Gasteiger partial charge on any atom is 0.196 e. The van der Waals surface area contributed by atoms with Gasteiger partial charge in [-0.2, -0.15) is 0 Å². The summed E-state index contributed by atoms with van der Waals surface area (Å²) in [7, 11) is 4.05. The molecule has 28 heavy (non-hydrogen) atoms. The number of hydrogen-bond donors (Lipinski definition) is 0. The molecule has 8 heteroatoms. The highest BCUT2D eigenvalue weighted by atomic mass is 35.5. The fraction of sp³-hybridized carbons (Fsp3) is 0.300. The van der Waals surface area contributed by atoms with Crippen LogP contribution in [0, 0.1) is 0 Å². The SMILES string of the molecule is CC(c1nnc(SCCOc2ccc(Cl)cc2)n1-c1ccc(Cl)cc1)N(C)C. The lowest BCUT2D eigenvalue weighted by Crippen LogP contribution is -2.20. The van der Waals surface area contributed by atoms with Crippen molar-refractivity contribution >= 4 is 35.0 Å². The van der Waals surface area contributed by atoms with Crippen LogP contribution in [0.15, 0.2) is 53.7 Å². The van der Waals surface area contributed by atoms with Crippen LogP contribution in [-0.2, 0) is 0 Å². The average Bonchev–Trinajstić information content (AvgIpc) is 3.10. The van der Waals surface area contributed by atoms with Crippen molar-refractivity contribution in [3.63, 3.8) is 0 Å². The molecular weight excluding hydrogens is 415 g/mol. The molecule has 3 aromatic rings. The summed E-state index contributed by atoms with van der Waals surface area (Å²) in [5.74, 6) is 2.42. The predicted molar refractivity (Wildman–Crippen MR) is 116 cm³/mol. The molecule has 0 saturated heterocycles. The summed E-state index contributed by atoms with van der Waals surface area (Å²) >= 11 is 13.6. The Balaban J connectivity index is 1.74. The third-order valence-corrected chi connectivity index (χ3v) is 5.69. The number of hydrogen-bond acceptors (Lipinski definition) is 5. The fourth-order valence-corrected chi connectivity index (χ4v) is 3.56. The molecule has 2 aromatic carbocycles. The maximum atomic E-state index is 6.06. The first kappa shape index (κ1) is 21.0. The van der Waals surface area contributed by atoms with Crippen LogP contribution >= 0.6 is 35.0 Å². The molecule has 0 saturated carbocycles. The van der Waals surface area contributed by atoms with Crippen molar-refractivity contribution in [1.29, 1.82) is 0 Å². The van der Waals surface area contributed by atoms with Gasteiger partial charge in [0, 0.05) is 21.5 Å². The van der Waals surface area contributed by atoms with Gasteiger partial charge < -0.3 is 4.74 Å². The van der Waals surface area contributed by atoms with Gasteiger partial charge in [-0.15, -0.1) is 10.2 Å². The molecule has 1 aromatic heterocycles. The van der Waals surface area contributed by atoms with Crippen molar-refractivity contribution < 1.29 is 4.74 Å². The van der Waals surface area contributed by atoms with Crippen LogP contribution in [-0.4, -0.2) is 46.1 Å². The van der Waals surface area contributed by atoms with Crippen LogP contribution in [0.25, 0.3) is 5.69 Å². The Morgan fingerprint density at radius 3 is 2.21 bits per heavy atom. The Morgan fingerprint density at radius 2 is 1.61 bits per heavy atom. The monoisotopic (exact) mass is 436 g/mol. The molecule has 3 rings (SSSR count). The smallest absolute Gasteiger partial charge is 0.196 e. The van der Waals surface area contributed by atoms with Crippen molar-refractivity contribution in [1.82, 2.24) is 19.7 Å². The van der Waals surface area contributed by atoms with Crippen molar-refractivity contribution in [2.24, 2.45) is 0 Å². The molecule has 0 spiro atoms. The number of benzene rings is 2. The second-order valence-electron chi connectivity index (χ2n) is 6.44. The summed E-state index contributed by atoms with van der Waals surface area (Å²) in [5.41, 5.74) is 0.985. The third kappa shape index (κ3) is 5.20. The normalized spacial score (nSPS) is 12.4. The first-order valence-electron chi connectivity index (χ1n) is 8.84. The van der Waals surface area contributed by atoms with Crippen molar-refractivity contribution in [3.8, 4) is 11.4 Å². The second kappa shape index (κ2) is 9.65. The Morgan fingerprint density at radius 1 is 1.00 bits per heavy atom. The highest BCUT2D eigenvalue weighted by Gasteiger charge is 2.20. The summed E-state index contributed by atoms with van der Waals surface area (Å²) in [6, 6.07) is 15.2. The number of thioether (sulfide) groups is 1. The zero-order valence-electron chi connectivity index (χ0n) is 16.0. The molecule has 0 radical (unpaired) electrons. The van der Waals surface area contributed by atoms with E-state index < -0.39 is 0 Å². The molecule has 0 fully saturated rings. The van der Waals surface area contributed by atoms with Gasteiger partial charge in [0.15, 0.2) is 11.0 Å². The standard InChI is InChI=1S/C20H22Cl2N4OS/c1-14(25(2)3)19-23-24-20(26(19)17-8-4-15(21)5-9-17)28-13-12-27-18-10-6-16(22)7-11-18/h4-11,14H,12-13H2,1-3H3. The lowest BCUT2D eigenvalue weighted by molar-refractivity contribution is 0.305. The van der Waals surface area contributed by atoms with E-state index >= 15 is 0 Å². The number of ether oxygens (including phenoxy) is 1. The molecule has 0 aliphatic carbocycles. The highest BCUT2D eigenvalue weighted by Crippen LogP contribution is 2.27. The van der Waals surface area contributed by atoms with Crippen LogP contribution in [0.4, 0.5) is 0 Å². The number of halogens is 2. The number of aromatic nitrogens is 3. The zero-order chi connectivity index (χ0) is 20.1. The average molecular weight is 437 g/mol. The number of rotatable bonds is 8. The Bertz CT molecular complexity index is 898. The quantitative estimate of drug-likeness (QED) is 0.350. The molecule has 1 atom stereocenters. The first-order chi connectivity index (χ1) is 13.5. The van der Waals surface area contributed by atoms with Gasteiger partial charge in [-0.25, -0.2) is 0 Å². The summed E-state index contributed by atoms with van der Waals surface area (Å²) in [5, 5.41) is 11.1. The minimum absolute atomic E-state index is 0.114. The van der Waals surface area contributed by atoms with E-state index in [0.717, 1.165) is 28.2 Å². The van der Waals surface area contributed by atoms with Gasteiger partial charge in [0.2, 0.25) is 0 Å². The lowest BCUT2D eigenvalue weighted by atomic mass is 10.2. The summed E-state index contributed by atoms with van der Waals surface area (Å²) in [6.07, 6.45) is 0. The molecule has 5 nitrogen and oxygen atoms in total. The van der Waals surface area contributed by atoms with Gasteiger partial charge in [-0.1, -0.05) is 35.0 Å².